The lowest BCUT2D eigenvalue weighted by Gasteiger charge is -2.24. The van der Waals surface area contributed by atoms with E-state index < -0.39 is 34.7 Å². The Morgan fingerprint density at radius 2 is 1.72 bits per heavy atom. The minimum absolute atomic E-state index is 0.0275. The van der Waals surface area contributed by atoms with Gasteiger partial charge in [-0.05, 0) is 37.5 Å². The van der Waals surface area contributed by atoms with Crippen LogP contribution >= 0.6 is 0 Å². The molecule has 0 bridgehead atoms. The normalized spacial score (nSPS) is 19.6. The average molecular weight is 261 g/mol. The van der Waals surface area contributed by atoms with Gasteiger partial charge in [0.2, 0.25) is 0 Å². The topological polar surface area (TPSA) is 66.5 Å². The van der Waals surface area contributed by atoms with Gasteiger partial charge in [0.1, 0.15) is 0 Å². The maximum absolute atomic E-state index is 12.9. The van der Waals surface area contributed by atoms with Crippen molar-refractivity contribution in [2.24, 2.45) is 5.73 Å². The van der Waals surface area contributed by atoms with E-state index in [1.54, 1.807) is 6.92 Å². The van der Waals surface area contributed by atoms with Crippen molar-refractivity contribution in [1.82, 2.24) is 0 Å². The number of rotatable bonds is 2. The van der Waals surface area contributed by atoms with Gasteiger partial charge in [0, 0.05) is 11.5 Å². The Balaban J connectivity index is 2.63. The molecule has 0 heterocycles. The standard InChI is InChI=1S/C12H14F3NO2/c1-6(16)11(2-3-11)7-4-9(17)10(18)5-8(7)12(13,14)15/h4-6,17-18H,2-3,16H2,1H3. The molecule has 0 saturated heterocycles. The van der Waals surface area contributed by atoms with Crippen LogP contribution in [-0.4, -0.2) is 16.3 Å². The lowest BCUT2D eigenvalue weighted by atomic mass is 9.85. The number of benzene rings is 1. The number of alkyl halides is 3. The molecule has 0 amide bonds. The number of hydrogen-bond donors (Lipinski definition) is 3. The second-order valence-electron chi connectivity index (χ2n) is 4.83. The van der Waals surface area contributed by atoms with Crippen molar-refractivity contribution in [3.8, 4) is 11.5 Å². The summed E-state index contributed by atoms with van der Waals surface area (Å²) < 4.78 is 38.8. The summed E-state index contributed by atoms with van der Waals surface area (Å²) in [4.78, 5) is 0. The number of halogens is 3. The van der Waals surface area contributed by atoms with Gasteiger partial charge < -0.3 is 15.9 Å². The van der Waals surface area contributed by atoms with E-state index in [0.29, 0.717) is 18.9 Å². The maximum atomic E-state index is 12.9. The minimum Gasteiger partial charge on any atom is -0.504 e. The van der Waals surface area contributed by atoms with Crippen LogP contribution < -0.4 is 5.73 Å². The van der Waals surface area contributed by atoms with Crippen LogP contribution in [0, 0.1) is 0 Å². The third-order valence-electron chi connectivity index (χ3n) is 3.62. The predicted molar refractivity (Wildman–Crippen MR) is 59.3 cm³/mol. The zero-order chi connectivity index (χ0) is 13.7. The summed E-state index contributed by atoms with van der Waals surface area (Å²) in [5, 5.41) is 18.6. The van der Waals surface area contributed by atoms with E-state index in [4.69, 9.17) is 5.73 Å². The Morgan fingerprint density at radius 3 is 2.11 bits per heavy atom. The van der Waals surface area contributed by atoms with Crippen molar-refractivity contribution in [3.63, 3.8) is 0 Å². The van der Waals surface area contributed by atoms with E-state index in [1.807, 2.05) is 0 Å². The predicted octanol–water partition coefficient (Wildman–Crippen LogP) is 2.50. The van der Waals surface area contributed by atoms with Crippen LogP contribution in [0.2, 0.25) is 0 Å². The second-order valence-corrected chi connectivity index (χ2v) is 4.83. The third kappa shape index (κ3) is 1.90. The molecule has 1 fully saturated rings. The SMILES string of the molecule is CC(N)C1(c2cc(O)c(O)cc2C(F)(F)F)CC1. The molecule has 6 heteroatoms. The molecule has 0 aromatic heterocycles. The van der Waals surface area contributed by atoms with Crippen molar-refractivity contribution in [3.05, 3.63) is 23.3 Å². The Kier molecular flexibility index (Phi) is 2.73. The van der Waals surface area contributed by atoms with Crippen LogP contribution in [-0.2, 0) is 11.6 Å². The van der Waals surface area contributed by atoms with Crippen molar-refractivity contribution in [2.45, 2.75) is 37.4 Å². The zero-order valence-corrected chi connectivity index (χ0v) is 9.75. The van der Waals surface area contributed by atoms with Crippen LogP contribution in [0.4, 0.5) is 13.2 Å². The summed E-state index contributed by atoms with van der Waals surface area (Å²) in [6.07, 6.45) is -3.47. The molecule has 1 saturated carbocycles. The van der Waals surface area contributed by atoms with Crippen LogP contribution in [0.3, 0.4) is 0 Å². The van der Waals surface area contributed by atoms with E-state index in [-0.39, 0.29) is 5.56 Å². The summed E-state index contributed by atoms with van der Waals surface area (Å²) in [5.41, 5.74) is 4.06. The van der Waals surface area contributed by atoms with Gasteiger partial charge in [0.15, 0.2) is 11.5 Å². The maximum Gasteiger partial charge on any atom is 0.416 e. The fourth-order valence-electron chi connectivity index (χ4n) is 2.33. The lowest BCUT2D eigenvalue weighted by Crippen LogP contribution is -2.33. The van der Waals surface area contributed by atoms with E-state index >= 15 is 0 Å². The fourth-order valence-corrected chi connectivity index (χ4v) is 2.33. The lowest BCUT2D eigenvalue weighted by molar-refractivity contribution is -0.138. The quantitative estimate of drug-likeness (QED) is 0.716. The smallest absolute Gasteiger partial charge is 0.416 e. The molecule has 0 aliphatic heterocycles. The summed E-state index contributed by atoms with van der Waals surface area (Å²) in [6, 6.07) is 1.10. The highest BCUT2D eigenvalue weighted by molar-refractivity contribution is 5.52. The third-order valence-corrected chi connectivity index (χ3v) is 3.62. The van der Waals surface area contributed by atoms with E-state index in [1.165, 1.54) is 0 Å². The molecule has 1 aromatic rings. The van der Waals surface area contributed by atoms with Gasteiger partial charge in [0.05, 0.1) is 5.56 Å². The first-order valence-electron chi connectivity index (χ1n) is 5.58. The molecule has 1 aliphatic rings. The van der Waals surface area contributed by atoms with E-state index in [9.17, 15) is 23.4 Å². The highest BCUT2D eigenvalue weighted by Gasteiger charge is 2.52. The van der Waals surface area contributed by atoms with Crippen LogP contribution in [0.5, 0.6) is 11.5 Å². The van der Waals surface area contributed by atoms with Crippen molar-refractivity contribution < 1.29 is 23.4 Å². The monoisotopic (exact) mass is 261 g/mol. The largest absolute Gasteiger partial charge is 0.504 e. The first kappa shape index (κ1) is 13.0. The van der Waals surface area contributed by atoms with Gasteiger partial charge in [-0.1, -0.05) is 0 Å². The molecule has 1 aromatic carbocycles. The van der Waals surface area contributed by atoms with Crippen molar-refractivity contribution >= 4 is 0 Å². The van der Waals surface area contributed by atoms with Crippen molar-refractivity contribution in [2.75, 3.05) is 0 Å². The summed E-state index contributed by atoms with van der Waals surface area (Å²) in [5.74, 6) is -1.32. The van der Waals surface area contributed by atoms with E-state index in [0.717, 1.165) is 6.07 Å². The molecular weight excluding hydrogens is 247 g/mol. The van der Waals surface area contributed by atoms with Crippen molar-refractivity contribution in [1.29, 1.82) is 0 Å². The zero-order valence-electron chi connectivity index (χ0n) is 9.75. The molecule has 1 atom stereocenters. The van der Waals surface area contributed by atoms with Gasteiger partial charge in [-0.3, -0.25) is 0 Å². The first-order valence-corrected chi connectivity index (χ1v) is 5.58. The molecule has 18 heavy (non-hydrogen) atoms. The van der Waals surface area contributed by atoms with Crippen LogP contribution in [0.1, 0.15) is 30.9 Å². The molecule has 0 spiro atoms. The highest BCUT2D eigenvalue weighted by atomic mass is 19.4. The van der Waals surface area contributed by atoms with Gasteiger partial charge in [-0.15, -0.1) is 0 Å². The number of phenolic OH excluding ortho intramolecular Hbond substituents is 2. The average Bonchev–Trinajstić information content (AvgIpc) is 3.00. The Labute approximate surface area is 102 Å². The molecular formula is C12H14F3NO2. The number of phenols is 2. The highest BCUT2D eigenvalue weighted by Crippen LogP contribution is 2.55. The second kappa shape index (κ2) is 3.78. The molecule has 2 rings (SSSR count). The van der Waals surface area contributed by atoms with Crippen LogP contribution in [0.15, 0.2) is 12.1 Å². The minimum atomic E-state index is -4.58. The summed E-state index contributed by atoms with van der Waals surface area (Å²) >= 11 is 0. The van der Waals surface area contributed by atoms with Gasteiger partial charge in [-0.25, -0.2) is 0 Å². The molecule has 3 nitrogen and oxygen atoms in total. The number of nitrogens with two attached hydrogens (primary N) is 1. The Hall–Kier alpha value is -1.43. The Morgan fingerprint density at radius 1 is 1.22 bits per heavy atom. The van der Waals surface area contributed by atoms with E-state index in [2.05, 4.69) is 0 Å². The molecule has 0 radical (unpaired) electrons. The number of aromatic hydroxyl groups is 2. The van der Waals surface area contributed by atoms with Gasteiger partial charge in [0.25, 0.3) is 0 Å². The number of hydrogen-bond acceptors (Lipinski definition) is 3. The summed E-state index contributed by atoms with van der Waals surface area (Å²) in [7, 11) is 0. The Bertz CT molecular complexity index is 479. The fraction of sp³-hybridized carbons (Fsp3) is 0.500. The van der Waals surface area contributed by atoms with Gasteiger partial charge >= 0.3 is 6.18 Å². The van der Waals surface area contributed by atoms with Gasteiger partial charge in [-0.2, -0.15) is 13.2 Å². The summed E-state index contributed by atoms with van der Waals surface area (Å²) in [6.45, 7) is 1.65. The molecule has 100 valence electrons. The molecule has 4 N–H and O–H groups in total. The van der Waals surface area contributed by atoms with Crippen LogP contribution in [0.25, 0.3) is 0 Å². The molecule has 1 aliphatic carbocycles. The molecule has 1 unspecified atom stereocenters. The first-order chi connectivity index (χ1) is 8.18.